The molecule has 1 rings (SSSR count). The molecule has 12 heavy (non-hydrogen) atoms. The fraction of sp³-hybridized carbons (Fsp3) is 0.333. The molecule has 0 bridgehead atoms. The molecule has 0 unspecified atom stereocenters. The zero-order valence-electron chi connectivity index (χ0n) is 7.18. The summed E-state index contributed by atoms with van der Waals surface area (Å²) in [4.78, 5) is 0. The van der Waals surface area contributed by atoms with Crippen LogP contribution in [0.4, 0.5) is 0 Å². The number of halogens is 2. The quantitative estimate of drug-likeness (QED) is 0.430. The van der Waals surface area contributed by atoms with Crippen molar-refractivity contribution in [1.29, 1.82) is 0 Å². The van der Waals surface area contributed by atoms with Crippen molar-refractivity contribution in [3.8, 4) is 0 Å². The molecule has 0 spiro atoms. The summed E-state index contributed by atoms with van der Waals surface area (Å²) in [5, 5.41) is 0. The summed E-state index contributed by atoms with van der Waals surface area (Å²) in [6, 6.07) is 9.06. The standard InChI is InChI=1S/C9H12I2Te/c1-3-12(10,11)9-6-4-8(2)5-7-9/h4-7H,3H2,1-2H3. The Morgan fingerprint density at radius 2 is 1.67 bits per heavy atom. The number of benzene rings is 1. The van der Waals surface area contributed by atoms with E-state index >= 15 is 0 Å². The first-order valence-corrected chi connectivity index (χ1v) is 20.2. The number of hydrogen-bond donors (Lipinski definition) is 0. The number of rotatable bonds is 2. The molecule has 68 valence electrons. The Morgan fingerprint density at radius 1 is 1.17 bits per heavy atom. The van der Waals surface area contributed by atoms with Crippen molar-refractivity contribution < 1.29 is 0 Å². The van der Waals surface area contributed by atoms with Crippen molar-refractivity contribution in [1.82, 2.24) is 0 Å². The summed E-state index contributed by atoms with van der Waals surface area (Å²) in [5.74, 6) is 0. The van der Waals surface area contributed by atoms with Crippen LogP contribution in [0.2, 0.25) is 4.47 Å². The molecule has 1 aromatic carbocycles. The summed E-state index contributed by atoms with van der Waals surface area (Å²) in [6.07, 6.45) is 0. The van der Waals surface area contributed by atoms with Crippen LogP contribution in [0.25, 0.3) is 0 Å². The molecule has 0 aliphatic heterocycles. The van der Waals surface area contributed by atoms with Crippen LogP contribution in [0.3, 0.4) is 0 Å². The molecule has 0 saturated carbocycles. The van der Waals surface area contributed by atoms with E-state index < -0.39 is 10.3 Å². The molecule has 0 nitrogen and oxygen atoms in total. The van der Waals surface area contributed by atoms with E-state index in [9.17, 15) is 0 Å². The predicted octanol–water partition coefficient (Wildman–Crippen LogP) is 3.53. The summed E-state index contributed by atoms with van der Waals surface area (Å²) < 4.78 is 2.96. The molecule has 0 atom stereocenters. The Kier molecular flexibility index (Phi) is 4.63. The van der Waals surface area contributed by atoms with Crippen molar-refractivity contribution in [2.75, 3.05) is 0 Å². The van der Waals surface area contributed by atoms with E-state index in [4.69, 9.17) is 0 Å². The van der Waals surface area contributed by atoms with E-state index in [-0.39, 0.29) is 0 Å². The fourth-order valence-electron chi connectivity index (χ4n) is 0.904. The molecule has 0 aliphatic rings. The molecule has 0 heterocycles. The van der Waals surface area contributed by atoms with Gasteiger partial charge in [0.15, 0.2) is 0 Å². The van der Waals surface area contributed by atoms with E-state index in [1.54, 1.807) is 3.61 Å². The van der Waals surface area contributed by atoms with Crippen molar-refractivity contribution in [2.45, 2.75) is 18.3 Å². The maximum absolute atomic E-state index is 2.69. The number of hydrogen-bond acceptors (Lipinski definition) is 0. The van der Waals surface area contributed by atoms with Gasteiger partial charge in [0.25, 0.3) is 0 Å². The number of aryl methyl sites for hydroxylation is 1. The predicted molar refractivity (Wildman–Crippen MR) is 75.1 cm³/mol. The molecule has 1 aromatic rings. The Labute approximate surface area is 97.8 Å². The molecule has 0 amide bonds. The minimum absolute atomic E-state index is 1.35. The van der Waals surface area contributed by atoms with E-state index in [1.165, 1.54) is 10.0 Å². The summed E-state index contributed by atoms with van der Waals surface area (Å²) in [7, 11) is -1.65. The van der Waals surface area contributed by atoms with Gasteiger partial charge in [0.05, 0.1) is 0 Å². The SMILES string of the molecule is CC[Te](I)(I)c1ccc(C)cc1. The molecule has 0 aromatic heterocycles. The Hall–Kier alpha value is 1.47. The molecule has 0 saturated heterocycles. The Morgan fingerprint density at radius 3 is 2.08 bits per heavy atom. The van der Waals surface area contributed by atoms with E-state index in [0.29, 0.717) is 0 Å². The van der Waals surface area contributed by atoms with Gasteiger partial charge in [-0.3, -0.25) is 0 Å². The second-order valence-corrected chi connectivity index (χ2v) is 40.4. The van der Waals surface area contributed by atoms with Crippen molar-refractivity contribution in [2.24, 2.45) is 0 Å². The first-order valence-electron chi connectivity index (χ1n) is 3.83. The third-order valence-corrected chi connectivity index (χ3v) is 21.7. The average molecular weight is 502 g/mol. The van der Waals surface area contributed by atoms with Crippen molar-refractivity contribution in [3.63, 3.8) is 0 Å². The van der Waals surface area contributed by atoms with Gasteiger partial charge >= 0.3 is 99.4 Å². The van der Waals surface area contributed by atoms with E-state index in [0.717, 1.165) is 0 Å². The first kappa shape index (κ1) is 11.5. The van der Waals surface area contributed by atoms with Crippen molar-refractivity contribution >= 4 is 51.3 Å². The van der Waals surface area contributed by atoms with Crippen molar-refractivity contribution in [3.05, 3.63) is 29.8 Å². The molecule has 0 fully saturated rings. The van der Waals surface area contributed by atoms with Gasteiger partial charge in [0.1, 0.15) is 0 Å². The minimum atomic E-state index is -1.65. The normalized spacial score (nSPS) is 13.0. The summed E-state index contributed by atoms with van der Waals surface area (Å²) in [5.41, 5.74) is 1.36. The van der Waals surface area contributed by atoms with Crippen LogP contribution >= 0.6 is 37.4 Å². The van der Waals surface area contributed by atoms with E-state index in [2.05, 4.69) is 75.5 Å². The van der Waals surface area contributed by atoms with E-state index in [1.807, 2.05) is 0 Å². The molecule has 0 radical (unpaired) electrons. The van der Waals surface area contributed by atoms with Gasteiger partial charge in [0.2, 0.25) is 0 Å². The van der Waals surface area contributed by atoms with Crippen LogP contribution in [0.5, 0.6) is 0 Å². The average Bonchev–Trinajstić information content (AvgIpc) is 2.05. The first-order chi connectivity index (χ1) is 5.56. The second kappa shape index (κ2) is 4.81. The van der Waals surface area contributed by atoms with Gasteiger partial charge in [-0.2, -0.15) is 0 Å². The Balaban J connectivity index is 2.96. The molecule has 0 aliphatic carbocycles. The van der Waals surface area contributed by atoms with Crippen LogP contribution in [-0.4, -0.2) is 10.3 Å². The van der Waals surface area contributed by atoms with Crippen LogP contribution in [0.1, 0.15) is 12.5 Å². The van der Waals surface area contributed by atoms with Crippen LogP contribution < -0.4 is 3.61 Å². The van der Waals surface area contributed by atoms with Gasteiger partial charge in [-0.25, -0.2) is 0 Å². The molecular weight excluding hydrogens is 490 g/mol. The third-order valence-electron chi connectivity index (χ3n) is 1.73. The van der Waals surface area contributed by atoms with Gasteiger partial charge in [-0.15, -0.1) is 0 Å². The van der Waals surface area contributed by atoms with Gasteiger partial charge in [0, 0.05) is 0 Å². The van der Waals surface area contributed by atoms with Gasteiger partial charge in [-0.1, -0.05) is 0 Å². The van der Waals surface area contributed by atoms with Gasteiger partial charge in [-0.05, 0) is 0 Å². The zero-order chi connectivity index (χ0) is 9.19. The summed E-state index contributed by atoms with van der Waals surface area (Å²) >= 11 is 5.39. The topological polar surface area (TPSA) is 0 Å². The maximum atomic E-state index is 2.69. The third kappa shape index (κ3) is 3.00. The summed E-state index contributed by atoms with van der Waals surface area (Å²) in [6.45, 7) is 4.45. The zero-order valence-corrected chi connectivity index (χ0v) is 13.8. The molecule has 0 N–H and O–H groups in total. The van der Waals surface area contributed by atoms with Crippen LogP contribution in [-0.2, 0) is 0 Å². The van der Waals surface area contributed by atoms with Gasteiger partial charge < -0.3 is 0 Å². The monoisotopic (exact) mass is 504 g/mol. The second-order valence-electron chi connectivity index (χ2n) is 2.68. The van der Waals surface area contributed by atoms with Crippen LogP contribution in [0.15, 0.2) is 24.3 Å². The fourth-order valence-corrected chi connectivity index (χ4v) is 7.32. The molecule has 3 heteroatoms. The van der Waals surface area contributed by atoms with Crippen LogP contribution in [0, 0.1) is 6.92 Å². The Bertz CT molecular complexity index is 254. The molecular formula is C9H12I2Te.